The van der Waals surface area contributed by atoms with Gasteiger partial charge in [-0.1, -0.05) is 48.5 Å². The first-order chi connectivity index (χ1) is 8.40. The SMILES string of the molecule is O=C=C1NC=CC1c1cccc2ccccc12. The third-order valence-electron chi connectivity index (χ3n) is 3.11. The van der Waals surface area contributed by atoms with Crippen LogP contribution in [0, 0.1) is 0 Å². The summed E-state index contributed by atoms with van der Waals surface area (Å²) in [5.41, 5.74) is 1.73. The fourth-order valence-corrected chi connectivity index (χ4v) is 2.29. The zero-order valence-electron chi connectivity index (χ0n) is 9.18. The Morgan fingerprint density at radius 1 is 1.06 bits per heavy atom. The molecule has 1 aliphatic heterocycles. The first kappa shape index (κ1) is 9.88. The van der Waals surface area contributed by atoms with Crippen LogP contribution >= 0.6 is 0 Å². The molecule has 1 N–H and O–H groups in total. The molecule has 0 radical (unpaired) electrons. The molecule has 0 amide bonds. The highest BCUT2D eigenvalue weighted by molar-refractivity contribution is 5.87. The lowest BCUT2D eigenvalue weighted by atomic mass is 9.92. The van der Waals surface area contributed by atoms with Gasteiger partial charge in [-0.3, -0.25) is 0 Å². The average molecular weight is 221 g/mol. The smallest absolute Gasteiger partial charge is 0.146 e. The van der Waals surface area contributed by atoms with Crippen molar-refractivity contribution >= 4 is 16.7 Å². The Hall–Kier alpha value is -2.31. The van der Waals surface area contributed by atoms with Gasteiger partial charge in [0.15, 0.2) is 0 Å². The zero-order chi connectivity index (χ0) is 11.7. The van der Waals surface area contributed by atoms with E-state index in [1.165, 1.54) is 10.8 Å². The van der Waals surface area contributed by atoms with Crippen LogP contribution in [0.1, 0.15) is 11.5 Å². The van der Waals surface area contributed by atoms with E-state index in [0.29, 0.717) is 5.70 Å². The van der Waals surface area contributed by atoms with Crippen LogP contribution in [0.3, 0.4) is 0 Å². The van der Waals surface area contributed by atoms with Gasteiger partial charge in [-0.2, -0.15) is 0 Å². The van der Waals surface area contributed by atoms with E-state index >= 15 is 0 Å². The summed E-state index contributed by atoms with van der Waals surface area (Å²) in [6.07, 6.45) is 3.79. The molecule has 2 aromatic carbocycles. The molecule has 3 rings (SSSR count). The van der Waals surface area contributed by atoms with Gasteiger partial charge < -0.3 is 5.32 Å². The summed E-state index contributed by atoms with van der Waals surface area (Å²) < 4.78 is 0. The molecule has 82 valence electrons. The Morgan fingerprint density at radius 2 is 1.88 bits per heavy atom. The summed E-state index contributed by atoms with van der Waals surface area (Å²) in [6.45, 7) is 0. The van der Waals surface area contributed by atoms with Crippen molar-refractivity contribution in [2.24, 2.45) is 0 Å². The molecule has 1 heterocycles. The van der Waals surface area contributed by atoms with Crippen molar-refractivity contribution < 1.29 is 4.79 Å². The van der Waals surface area contributed by atoms with Gasteiger partial charge in [-0.05, 0) is 22.5 Å². The van der Waals surface area contributed by atoms with Crippen molar-refractivity contribution in [1.29, 1.82) is 0 Å². The van der Waals surface area contributed by atoms with Crippen LogP contribution in [-0.4, -0.2) is 5.94 Å². The Kier molecular flexibility index (Phi) is 2.28. The lowest BCUT2D eigenvalue weighted by Gasteiger charge is -2.11. The van der Waals surface area contributed by atoms with Crippen LogP contribution in [0.5, 0.6) is 0 Å². The number of carbonyl (C=O) groups excluding carboxylic acids is 1. The maximum absolute atomic E-state index is 10.9. The predicted octanol–water partition coefficient (Wildman–Crippen LogP) is 2.76. The quantitative estimate of drug-likeness (QED) is 0.750. The second-order valence-corrected chi connectivity index (χ2v) is 4.07. The summed E-state index contributed by atoms with van der Waals surface area (Å²) in [5, 5.41) is 5.30. The maximum Gasteiger partial charge on any atom is 0.146 e. The standard InChI is InChI=1S/C15H11NO/c17-10-15-14(8-9-16-15)13-7-3-5-11-4-1-2-6-12(11)13/h1-9,14,16H. The lowest BCUT2D eigenvalue weighted by Crippen LogP contribution is -2.06. The molecule has 0 aromatic heterocycles. The van der Waals surface area contributed by atoms with Gasteiger partial charge in [0.25, 0.3) is 0 Å². The Balaban J connectivity index is 2.24. The summed E-state index contributed by atoms with van der Waals surface area (Å²) in [7, 11) is 0. The molecule has 1 unspecified atom stereocenters. The minimum Gasteiger partial charge on any atom is -0.356 e. The second kappa shape index (κ2) is 3.93. The Morgan fingerprint density at radius 3 is 2.76 bits per heavy atom. The van der Waals surface area contributed by atoms with Crippen molar-refractivity contribution in [3.63, 3.8) is 0 Å². The molecule has 2 nitrogen and oxygen atoms in total. The van der Waals surface area contributed by atoms with Crippen LogP contribution in [0.15, 0.2) is 60.4 Å². The molecule has 0 bridgehead atoms. The normalized spacial score (nSPS) is 18.1. The minimum atomic E-state index is -0.00130. The van der Waals surface area contributed by atoms with Gasteiger partial charge in [-0.15, -0.1) is 0 Å². The zero-order valence-corrected chi connectivity index (χ0v) is 9.18. The molecular formula is C15H11NO. The van der Waals surface area contributed by atoms with Crippen molar-refractivity contribution in [3.8, 4) is 0 Å². The van der Waals surface area contributed by atoms with Crippen LogP contribution in [0.25, 0.3) is 10.8 Å². The van der Waals surface area contributed by atoms with Crippen molar-refractivity contribution in [2.45, 2.75) is 5.92 Å². The molecule has 1 atom stereocenters. The van der Waals surface area contributed by atoms with E-state index in [9.17, 15) is 4.79 Å². The van der Waals surface area contributed by atoms with E-state index < -0.39 is 0 Å². The van der Waals surface area contributed by atoms with Crippen molar-refractivity contribution in [2.75, 3.05) is 0 Å². The minimum absolute atomic E-state index is 0.00130. The van der Waals surface area contributed by atoms with E-state index in [1.807, 2.05) is 30.2 Å². The Bertz CT molecular complexity index is 646. The van der Waals surface area contributed by atoms with Crippen LogP contribution in [-0.2, 0) is 4.79 Å². The predicted molar refractivity (Wildman–Crippen MR) is 68.2 cm³/mol. The number of hydrogen-bond acceptors (Lipinski definition) is 2. The van der Waals surface area contributed by atoms with E-state index in [1.54, 1.807) is 6.20 Å². The van der Waals surface area contributed by atoms with Gasteiger partial charge >= 0.3 is 0 Å². The van der Waals surface area contributed by atoms with Crippen LogP contribution < -0.4 is 5.32 Å². The molecule has 1 aliphatic rings. The molecule has 17 heavy (non-hydrogen) atoms. The highest BCUT2D eigenvalue weighted by Gasteiger charge is 2.20. The fourth-order valence-electron chi connectivity index (χ4n) is 2.29. The van der Waals surface area contributed by atoms with Crippen molar-refractivity contribution in [3.05, 3.63) is 66.0 Å². The number of rotatable bonds is 1. The summed E-state index contributed by atoms with van der Waals surface area (Å²) >= 11 is 0. The monoisotopic (exact) mass is 221 g/mol. The van der Waals surface area contributed by atoms with E-state index in [2.05, 4.69) is 29.6 Å². The van der Waals surface area contributed by atoms with Gasteiger partial charge in [0, 0.05) is 0 Å². The highest BCUT2D eigenvalue weighted by atomic mass is 16.1. The fraction of sp³-hybridized carbons (Fsp3) is 0.0667. The highest BCUT2D eigenvalue weighted by Crippen LogP contribution is 2.31. The molecule has 0 saturated heterocycles. The molecule has 0 spiro atoms. The summed E-state index contributed by atoms with van der Waals surface area (Å²) in [4.78, 5) is 10.9. The van der Waals surface area contributed by atoms with E-state index in [-0.39, 0.29) is 5.92 Å². The number of allylic oxidation sites excluding steroid dienone is 1. The maximum atomic E-state index is 10.9. The second-order valence-electron chi connectivity index (χ2n) is 4.07. The van der Waals surface area contributed by atoms with Crippen LogP contribution in [0.2, 0.25) is 0 Å². The first-order valence-electron chi connectivity index (χ1n) is 5.56. The topological polar surface area (TPSA) is 29.1 Å². The van der Waals surface area contributed by atoms with Gasteiger partial charge in [-0.25, -0.2) is 4.79 Å². The van der Waals surface area contributed by atoms with Gasteiger partial charge in [0.1, 0.15) is 11.6 Å². The molecular weight excluding hydrogens is 210 g/mol. The van der Waals surface area contributed by atoms with Gasteiger partial charge in [0.2, 0.25) is 0 Å². The van der Waals surface area contributed by atoms with Crippen molar-refractivity contribution in [1.82, 2.24) is 5.32 Å². The Labute approximate surface area is 99.3 Å². The average Bonchev–Trinajstić information content (AvgIpc) is 2.86. The molecule has 2 aromatic rings. The van der Waals surface area contributed by atoms with Gasteiger partial charge in [0.05, 0.1) is 5.92 Å². The molecule has 2 heteroatoms. The largest absolute Gasteiger partial charge is 0.356 e. The number of hydrogen-bond donors (Lipinski definition) is 1. The molecule has 0 aliphatic carbocycles. The van der Waals surface area contributed by atoms with Crippen LogP contribution in [0.4, 0.5) is 0 Å². The molecule has 0 saturated carbocycles. The van der Waals surface area contributed by atoms with E-state index in [0.717, 1.165) is 5.56 Å². The lowest BCUT2D eigenvalue weighted by molar-refractivity contribution is 0.565. The summed E-state index contributed by atoms with van der Waals surface area (Å²) in [6, 6.07) is 14.4. The third kappa shape index (κ3) is 1.55. The number of nitrogens with one attached hydrogen (secondary N) is 1. The number of benzene rings is 2. The molecule has 0 fully saturated rings. The summed E-state index contributed by atoms with van der Waals surface area (Å²) in [5.74, 6) is 1.97. The first-order valence-corrected chi connectivity index (χ1v) is 5.56. The number of fused-ring (bicyclic) bond motifs is 1. The third-order valence-corrected chi connectivity index (χ3v) is 3.11. The van der Waals surface area contributed by atoms with E-state index in [4.69, 9.17) is 0 Å².